The van der Waals surface area contributed by atoms with Crippen LogP contribution in [0.3, 0.4) is 0 Å². The Bertz CT molecular complexity index is 1300. The smallest absolute Gasteiger partial charge is 0.262 e. The van der Waals surface area contributed by atoms with Gasteiger partial charge in [-0.2, -0.15) is 0 Å². The lowest BCUT2D eigenvalue weighted by Gasteiger charge is -2.14. The molecule has 3 aromatic carbocycles. The predicted octanol–water partition coefficient (Wildman–Crippen LogP) is 4.33. The van der Waals surface area contributed by atoms with Crippen molar-refractivity contribution in [3.8, 4) is 11.5 Å². The first-order valence-corrected chi connectivity index (χ1v) is 11.9. The molecular formula is C25H26N2O6S. The molecule has 3 rings (SSSR count). The van der Waals surface area contributed by atoms with Crippen LogP contribution in [0.15, 0.2) is 65.6 Å². The van der Waals surface area contributed by atoms with Crippen LogP contribution in [-0.4, -0.2) is 33.8 Å². The number of nitrogens with one attached hydrogen (secondary N) is 2. The van der Waals surface area contributed by atoms with Gasteiger partial charge >= 0.3 is 0 Å². The molecule has 34 heavy (non-hydrogen) atoms. The first kappa shape index (κ1) is 24.8. The number of carbonyl (C=O) groups is 2. The molecule has 0 spiro atoms. The summed E-state index contributed by atoms with van der Waals surface area (Å²) in [5, 5.41) is 2.65. The lowest BCUT2D eigenvalue weighted by molar-refractivity contribution is -0.118. The van der Waals surface area contributed by atoms with Gasteiger partial charge in [0.05, 0.1) is 17.7 Å². The Labute approximate surface area is 199 Å². The second-order valence-corrected chi connectivity index (χ2v) is 9.34. The van der Waals surface area contributed by atoms with Crippen LogP contribution in [0.2, 0.25) is 0 Å². The number of hydrogen-bond donors (Lipinski definition) is 2. The van der Waals surface area contributed by atoms with Gasteiger partial charge in [-0.05, 0) is 74.4 Å². The molecule has 0 aromatic heterocycles. The molecule has 9 heteroatoms. The van der Waals surface area contributed by atoms with Crippen LogP contribution in [0, 0.1) is 13.8 Å². The van der Waals surface area contributed by atoms with Gasteiger partial charge in [0, 0.05) is 11.3 Å². The molecule has 0 bridgehead atoms. The van der Waals surface area contributed by atoms with Crippen molar-refractivity contribution in [2.24, 2.45) is 0 Å². The van der Waals surface area contributed by atoms with E-state index in [2.05, 4.69) is 10.0 Å². The summed E-state index contributed by atoms with van der Waals surface area (Å²) in [5.74, 6) is 0.104. The number of benzene rings is 3. The second-order valence-electron chi connectivity index (χ2n) is 7.66. The number of sulfonamides is 1. The van der Waals surface area contributed by atoms with E-state index < -0.39 is 15.9 Å². The van der Waals surface area contributed by atoms with Gasteiger partial charge in [0.1, 0.15) is 0 Å². The molecule has 0 heterocycles. The molecule has 2 N–H and O–H groups in total. The summed E-state index contributed by atoms with van der Waals surface area (Å²) < 4.78 is 38.9. The quantitative estimate of drug-likeness (QED) is 0.439. The van der Waals surface area contributed by atoms with E-state index in [0.29, 0.717) is 28.4 Å². The lowest BCUT2D eigenvalue weighted by Crippen LogP contribution is -2.20. The highest BCUT2D eigenvalue weighted by Gasteiger charge is 2.17. The maximum absolute atomic E-state index is 12.8. The topological polar surface area (TPSA) is 111 Å². The maximum Gasteiger partial charge on any atom is 0.262 e. The van der Waals surface area contributed by atoms with Gasteiger partial charge in [0.2, 0.25) is 0 Å². The van der Waals surface area contributed by atoms with Crippen molar-refractivity contribution in [1.29, 1.82) is 0 Å². The fourth-order valence-corrected chi connectivity index (χ4v) is 4.44. The molecule has 1 amide bonds. The number of para-hydroxylation sites is 1. The Kier molecular flexibility index (Phi) is 7.57. The minimum absolute atomic E-state index is 0.0692. The molecular weight excluding hydrogens is 456 g/mol. The number of ether oxygens (including phenoxy) is 2. The molecule has 0 aliphatic rings. The molecule has 0 unspecified atom stereocenters. The van der Waals surface area contributed by atoms with Crippen molar-refractivity contribution in [2.45, 2.75) is 25.7 Å². The van der Waals surface area contributed by atoms with Crippen LogP contribution in [0.25, 0.3) is 0 Å². The highest BCUT2D eigenvalue weighted by atomic mass is 32.2. The molecule has 0 atom stereocenters. The van der Waals surface area contributed by atoms with Crippen LogP contribution < -0.4 is 19.5 Å². The fourth-order valence-electron chi connectivity index (χ4n) is 3.23. The van der Waals surface area contributed by atoms with Gasteiger partial charge in [0.25, 0.3) is 15.9 Å². The average molecular weight is 483 g/mol. The first-order chi connectivity index (χ1) is 16.1. The van der Waals surface area contributed by atoms with Gasteiger partial charge in [-0.15, -0.1) is 0 Å². The molecule has 8 nitrogen and oxygen atoms in total. The number of ketones is 1. The summed E-state index contributed by atoms with van der Waals surface area (Å²) in [5.41, 5.74) is 3.07. The number of rotatable bonds is 9. The lowest BCUT2D eigenvalue weighted by atomic mass is 10.1. The number of methoxy groups -OCH3 is 1. The summed E-state index contributed by atoms with van der Waals surface area (Å²) in [7, 11) is -2.35. The summed E-state index contributed by atoms with van der Waals surface area (Å²) >= 11 is 0. The molecule has 0 aliphatic heterocycles. The highest BCUT2D eigenvalue weighted by molar-refractivity contribution is 7.92. The number of amides is 1. The van der Waals surface area contributed by atoms with Crippen molar-refractivity contribution < 1.29 is 27.5 Å². The van der Waals surface area contributed by atoms with E-state index in [1.54, 1.807) is 18.2 Å². The van der Waals surface area contributed by atoms with E-state index in [9.17, 15) is 18.0 Å². The van der Waals surface area contributed by atoms with Crippen LogP contribution in [0.1, 0.15) is 28.4 Å². The van der Waals surface area contributed by atoms with Crippen LogP contribution in [0.4, 0.5) is 11.4 Å². The molecule has 178 valence electrons. The van der Waals surface area contributed by atoms with Crippen molar-refractivity contribution in [3.63, 3.8) is 0 Å². The van der Waals surface area contributed by atoms with E-state index >= 15 is 0 Å². The van der Waals surface area contributed by atoms with Crippen molar-refractivity contribution in [1.82, 2.24) is 0 Å². The Balaban J connectivity index is 1.63. The number of Topliss-reactive ketones (excluding diaryl/α,β-unsaturated/α-hetero) is 1. The zero-order valence-electron chi connectivity index (χ0n) is 19.3. The molecule has 0 saturated heterocycles. The molecule has 0 radical (unpaired) electrons. The summed E-state index contributed by atoms with van der Waals surface area (Å²) in [6.07, 6.45) is 0. The van der Waals surface area contributed by atoms with Crippen LogP contribution >= 0.6 is 0 Å². The van der Waals surface area contributed by atoms with Gasteiger partial charge in [0.15, 0.2) is 23.9 Å². The van der Waals surface area contributed by atoms with Crippen molar-refractivity contribution in [3.05, 3.63) is 77.4 Å². The third kappa shape index (κ3) is 5.93. The number of carbonyl (C=O) groups excluding carboxylic acids is 2. The molecule has 0 saturated carbocycles. The van der Waals surface area contributed by atoms with E-state index in [4.69, 9.17) is 9.47 Å². The Morgan fingerprint density at radius 3 is 2.15 bits per heavy atom. The van der Waals surface area contributed by atoms with Gasteiger partial charge in [-0.3, -0.25) is 14.3 Å². The number of aryl methyl sites for hydroxylation is 2. The van der Waals surface area contributed by atoms with Gasteiger partial charge < -0.3 is 14.8 Å². The van der Waals surface area contributed by atoms with Gasteiger partial charge in [-0.1, -0.05) is 18.2 Å². The summed E-state index contributed by atoms with van der Waals surface area (Å²) in [4.78, 5) is 23.9. The molecule has 0 fully saturated rings. The molecule has 0 aliphatic carbocycles. The fraction of sp³-hybridized carbons (Fsp3) is 0.200. The minimum atomic E-state index is -3.79. The van der Waals surface area contributed by atoms with Crippen molar-refractivity contribution in [2.75, 3.05) is 23.8 Å². The minimum Gasteiger partial charge on any atom is -0.493 e. The van der Waals surface area contributed by atoms with Crippen LogP contribution in [-0.2, 0) is 14.8 Å². The summed E-state index contributed by atoms with van der Waals surface area (Å²) in [6.45, 7) is 4.81. The zero-order chi connectivity index (χ0) is 24.9. The second kappa shape index (κ2) is 10.4. The Morgan fingerprint density at radius 2 is 1.56 bits per heavy atom. The normalized spacial score (nSPS) is 10.9. The largest absolute Gasteiger partial charge is 0.493 e. The highest BCUT2D eigenvalue weighted by Crippen LogP contribution is 2.28. The third-order valence-corrected chi connectivity index (χ3v) is 6.46. The Morgan fingerprint density at radius 1 is 0.912 bits per heavy atom. The van der Waals surface area contributed by atoms with E-state index in [1.807, 2.05) is 32.0 Å². The first-order valence-electron chi connectivity index (χ1n) is 10.4. The molecule has 3 aromatic rings. The zero-order valence-corrected chi connectivity index (χ0v) is 20.2. The average Bonchev–Trinajstić information content (AvgIpc) is 2.80. The van der Waals surface area contributed by atoms with E-state index in [1.165, 1.54) is 38.3 Å². The number of hydrogen-bond acceptors (Lipinski definition) is 6. The Hall–Kier alpha value is -3.85. The van der Waals surface area contributed by atoms with E-state index in [-0.39, 0.29) is 17.3 Å². The SMILES string of the molecule is COc1cc(C(C)=O)ccc1OCC(=O)Nc1ccc(S(=O)(=O)Nc2c(C)cccc2C)cc1. The van der Waals surface area contributed by atoms with E-state index in [0.717, 1.165) is 11.1 Å². The predicted molar refractivity (Wildman–Crippen MR) is 130 cm³/mol. The maximum atomic E-state index is 12.8. The van der Waals surface area contributed by atoms with Crippen LogP contribution in [0.5, 0.6) is 11.5 Å². The standard InChI is InChI=1S/C25H26N2O6S/c1-16-6-5-7-17(2)25(16)27-34(30,31)21-11-9-20(10-12-21)26-24(29)15-33-22-13-8-19(18(3)28)14-23(22)32-4/h5-14,27H,15H2,1-4H3,(H,26,29). The van der Waals surface area contributed by atoms with Crippen molar-refractivity contribution >= 4 is 33.1 Å². The summed E-state index contributed by atoms with van der Waals surface area (Å²) in [6, 6.07) is 16.0. The third-order valence-electron chi connectivity index (χ3n) is 5.09. The number of anilines is 2. The monoisotopic (exact) mass is 482 g/mol. The van der Waals surface area contributed by atoms with Gasteiger partial charge in [-0.25, -0.2) is 8.42 Å².